The van der Waals surface area contributed by atoms with Crippen LogP contribution < -0.4 is 5.32 Å². The zero-order chi connectivity index (χ0) is 14.8. The second kappa shape index (κ2) is 6.16. The van der Waals surface area contributed by atoms with Crippen molar-refractivity contribution in [2.24, 2.45) is 0 Å². The van der Waals surface area contributed by atoms with Gasteiger partial charge in [0, 0.05) is 19.1 Å². The second-order valence-electron chi connectivity index (χ2n) is 6.18. The molecule has 2 fully saturated rings. The van der Waals surface area contributed by atoms with Crippen LogP contribution in [-0.2, 0) is 11.2 Å². The highest BCUT2D eigenvalue weighted by Crippen LogP contribution is 2.26. The summed E-state index contributed by atoms with van der Waals surface area (Å²) in [5.41, 5.74) is 2.52. The number of amides is 1. The van der Waals surface area contributed by atoms with Crippen molar-refractivity contribution in [2.45, 2.75) is 38.4 Å². The van der Waals surface area contributed by atoms with E-state index >= 15 is 0 Å². The molecule has 1 aliphatic carbocycles. The van der Waals surface area contributed by atoms with E-state index in [0.717, 1.165) is 25.6 Å². The molecule has 1 atom stereocenters. The van der Waals surface area contributed by atoms with Crippen LogP contribution in [0.2, 0.25) is 0 Å². The number of carbonyl (C=O) groups is 1. The molecular formula is C17H25N3O. The molecule has 1 saturated carbocycles. The van der Waals surface area contributed by atoms with E-state index in [4.69, 9.17) is 0 Å². The second-order valence-corrected chi connectivity index (χ2v) is 6.18. The topological polar surface area (TPSA) is 35.6 Å². The molecule has 3 rings (SSSR count). The van der Waals surface area contributed by atoms with Crippen molar-refractivity contribution in [3.8, 4) is 0 Å². The molecule has 1 saturated heterocycles. The molecule has 1 aromatic carbocycles. The van der Waals surface area contributed by atoms with Gasteiger partial charge < -0.3 is 9.80 Å². The number of likely N-dealkylation sites (N-methyl/N-ethyl adjacent to an activating group) is 1. The maximum Gasteiger partial charge on any atom is 0.238 e. The van der Waals surface area contributed by atoms with Gasteiger partial charge in [-0.25, -0.2) is 0 Å². The minimum Gasteiger partial charge on any atom is -0.321 e. The summed E-state index contributed by atoms with van der Waals surface area (Å²) in [5, 5.41) is 3.34. The average molecular weight is 287 g/mol. The highest BCUT2D eigenvalue weighted by atomic mass is 16.2. The van der Waals surface area contributed by atoms with Crippen LogP contribution in [0.3, 0.4) is 0 Å². The van der Waals surface area contributed by atoms with Crippen molar-refractivity contribution in [1.29, 1.82) is 0 Å². The van der Waals surface area contributed by atoms with E-state index in [1.807, 2.05) is 4.90 Å². The first-order valence-electron chi connectivity index (χ1n) is 8.01. The van der Waals surface area contributed by atoms with Gasteiger partial charge in [-0.2, -0.15) is 0 Å². The van der Waals surface area contributed by atoms with Gasteiger partial charge in [-0.3, -0.25) is 10.1 Å². The molecular weight excluding hydrogens is 262 g/mol. The first-order chi connectivity index (χ1) is 10.2. The van der Waals surface area contributed by atoms with Gasteiger partial charge in [0.1, 0.15) is 6.17 Å². The Morgan fingerprint density at radius 1 is 1.29 bits per heavy atom. The lowest BCUT2D eigenvalue weighted by atomic mass is 10.1. The molecule has 4 heteroatoms. The van der Waals surface area contributed by atoms with Crippen LogP contribution in [0.4, 0.5) is 0 Å². The van der Waals surface area contributed by atoms with Crippen molar-refractivity contribution in [2.75, 3.05) is 26.7 Å². The number of aryl methyl sites for hydroxylation is 1. The van der Waals surface area contributed by atoms with E-state index < -0.39 is 0 Å². The molecule has 1 unspecified atom stereocenters. The average Bonchev–Trinajstić information content (AvgIpc) is 3.29. The van der Waals surface area contributed by atoms with Crippen LogP contribution in [0.1, 0.15) is 37.1 Å². The zero-order valence-electron chi connectivity index (χ0n) is 13.0. The van der Waals surface area contributed by atoms with Crippen LogP contribution in [0.25, 0.3) is 0 Å². The van der Waals surface area contributed by atoms with Gasteiger partial charge in [-0.05, 0) is 37.4 Å². The van der Waals surface area contributed by atoms with Gasteiger partial charge in [0.05, 0.1) is 6.54 Å². The molecule has 114 valence electrons. The molecule has 1 amide bonds. The Labute approximate surface area is 127 Å². The molecule has 4 nitrogen and oxygen atoms in total. The molecule has 21 heavy (non-hydrogen) atoms. The Morgan fingerprint density at radius 3 is 2.62 bits per heavy atom. The van der Waals surface area contributed by atoms with E-state index in [1.165, 1.54) is 24.0 Å². The van der Waals surface area contributed by atoms with Gasteiger partial charge >= 0.3 is 0 Å². The van der Waals surface area contributed by atoms with Crippen LogP contribution in [0, 0.1) is 0 Å². The van der Waals surface area contributed by atoms with Crippen molar-refractivity contribution in [3.63, 3.8) is 0 Å². The lowest BCUT2D eigenvalue weighted by molar-refractivity contribution is -0.128. The molecule has 0 bridgehead atoms. The molecule has 2 aliphatic rings. The van der Waals surface area contributed by atoms with E-state index in [9.17, 15) is 4.79 Å². The molecule has 0 aromatic heterocycles. The van der Waals surface area contributed by atoms with E-state index in [-0.39, 0.29) is 12.1 Å². The highest BCUT2D eigenvalue weighted by molar-refractivity contribution is 5.81. The van der Waals surface area contributed by atoms with Gasteiger partial charge in [0.2, 0.25) is 5.91 Å². The third-order valence-corrected chi connectivity index (χ3v) is 4.65. The summed E-state index contributed by atoms with van der Waals surface area (Å²) in [6.07, 6.45) is 3.71. The standard InChI is InChI=1S/C17H25N3O/c1-3-13-4-6-14(7-5-13)17-18-12-16(21)20(17)11-10-19(2)15-8-9-15/h4-7,15,17-18H,3,8-12H2,1-2H3. The fourth-order valence-electron chi connectivity index (χ4n) is 2.99. The van der Waals surface area contributed by atoms with E-state index in [0.29, 0.717) is 6.54 Å². The Balaban J connectivity index is 1.65. The lowest BCUT2D eigenvalue weighted by Crippen LogP contribution is -2.37. The summed E-state index contributed by atoms with van der Waals surface area (Å²) in [5.74, 6) is 0.212. The van der Waals surface area contributed by atoms with Crippen LogP contribution in [0.15, 0.2) is 24.3 Å². The molecule has 1 N–H and O–H groups in total. The number of carbonyl (C=O) groups excluding carboxylic acids is 1. The maximum atomic E-state index is 12.1. The molecule has 0 spiro atoms. The molecule has 1 heterocycles. The molecule has 1 aliphatic heterocycles. The van der Waals surface area contributed by atoms with Crippen molar-refractivity contribution < 1.29 is 4.79 Å². The normalized spacial score (nSPS) is 22.3. The Kier molecular flexibility index (Phi) is 4.27. The molecule has 0 radical (unpaired) electrons. The van der Waals surface area contributed by atoms with Crippen molar-refractivity contribution in [3.05, 3.63) is 35.4 Å². The first kappa shape index (κ1) is 14.5. The smallest absolute Gasteiger partial charge is 0.238 e. The summed E-state index contributed by atoms with van der Waals surface area (Å²) < 4.78 is 0. The summed E-state index contributed by atoms with van der Waals surface area (Å²) in [6, 6.07) is 9.36. The first-order valence-corrected chi connectivity index (χ1v) is 8.01. The van der Waals surface area contributed by atoms with Crippen molar-refractivity contribution in [1.82, 2.24) is 15.1 Å². The summed E-state index contributed by atoms with van der Waals surface area (Å²) >= 11 is 0. The number of nitrogens with one attached hydrogen (secondary N) is 1. The monoisotopic (exact) mass is 287 g/mol. The van der Waals surface area contributed by atoms with Gasteiger partial charge in [-0.15, -0.1) is 0 Å². The lowest BCUT2D eigenvalue weighted by Gasteiger charge is -2.27. The van der Waals surface area contributed by atoms with Crippen LogP contribution in [0.5, 0.6) is 0 Å². The maximum absolute atomic E-state index is 12.1. The number of hydrogen-bond donors (Lipinski definition) is 1. The van der Waals surface area contributed by atoms with Crippen molar-refractivity contribution >= 4 is 5.91 Å². The fraction of sp³-hybridized carbons (Fsp3) is 0.588. The quantitative estimate of drug-likeness (QED) is 0.866. The number of benzene rings is 1. The van der Waals surface area contributed by atoms with Gasteiger partial charge in [0.15, 0.2) is 0 Å². The zero-order valence-corrected chi connectivity index (χ0v) is 13.0. The predicted octanol–water partition coefficient (Wildman–Crippen LogP) is 1.77. The third-order valence-electron chi connectivity index (χ3n) is 4.65. The number of hydrogen-bond acceptors (Lipinski definition) is 3. The summed E-state index contributed by atoms with van der Waals surface area (Å²) in [4.78, 5) is 16.5. The van der Waals surface area contributed by atoms with E-state index in [2.05, 4.69) is 48.5 Å². The largest absolute Gasteiger partial charge is 0.321 e. The Hall–Kier alpha value is -1.39. The fourth-order valence-corrected chi connectivity index (χ4v) is 2.99. The highest BCUT2D eigenvalue weighted by Gasteiger charge is 2.32. The summed E-state index contributed by atoms with van der Waals surface area (Å²) in [7, 11) is 2.16. The minimum absolute atomic E-state index is 0.0380. The number of nitrogens with zero attached hydrogens (tertiary/aromatic N) is 2. The van der Waals surface area contributed by atoms with Crippen LogP contribution in [-0.4, -0.2) is 48.4 Å². The van der Waals surface area contributed by atoms with Gasteiger partial charge in [0.25, 0.3) is 0 Å². The Bertz CT molecular complexity index is 495. The van der Waals surface area contributed by atoms with E-state index in [1.54, 1.807) is 0 Å². The SMILES string of the molecule is CCc1ccc(C2NCC(=O)N2CCN(C)C2CC2)cc1. The van der Waals surface area contributed by atoms with Gasteiger partial charge in [-0.1, -0.05) is 31.2 Å². The third kappa shape index (κ3) is 3.27. The summed E-state index contributed by atoms with van der Waals surface area (Å²) in [6.45, 7) is 4.38. The molecule has 1 aromatic rings. The van der Waals surface area contributed by atoms with Crippen LogP contribution >= 0.6 is 0 Å². The predicted molar refractivity (Wildman–Crippen MR) is 83.9 cm³/mol. The Morgan fingerprint density at radius 2 is 2.00 bits per heavy atom. The minimum atomic E-state index is 0.0380. The number of rotatable bonds is 6.